The van der Waals surface area contributed by atoms with Gasteiger partial charge < -0.3 is 15.8 Å². The Morgan fingerprint density at radius 2 is 2.31 bits per heavy atom. The number of halogens is 1. The second-order valence-electron chi connectivity index (χ2n) is 3.55. The highest BCUT2D eigenvalue weighted by Crippen LogP contribution is 2.17. The van der Waals surface area contributed by atoms with E-state index in [9.17, 15) is 4.39 Å². The van der Waals surface area contributed by atoms with E-state index in [0.717, 1.165) is 5.69 Å². The number of benzene rings is 1. The summed E-state index contributed by atoms with van der Waals surface area (Å²) in [7, 11) is 1.62. The summed E-state index contributed by atoms with van der Waals surface area (Å²) in [4.78, 5) is 0.173. The summed E-state index contributed by atoms with van der Waals surface area (Å²) in [6.45, 7) is 2.50. The van der Waals surface area contributed by atoms with Crippen LogP contribution in [0.1, 0.15) is 12.5 Å². The van der Waals surface area contributed by atoms with Gasteiger partial charge in [-0.1, -0.05) is 12.2 Å². The lowest BCUT2D eigenvalue weighted by molar-refractivity contribution is 0.190. The Bertz CT molecular complexity index is 384. The van der Waals surface area contributed by atoms with Crippen LogP contribution in [0.15, 0.2) is 18.2 Å². The lowest BCUT2D eigenvalue weighted by Crippen LogP contribution is -2.23. The first-order chi connectivity index (χ1) is 7.54. The van der Waals surface area contributed by atoms with Crippen LogP contribution in [0, 0.1) is 5.82 Å². The average molecular weight is 242 g/mol. The van der Waals surface area contributed by atoms with Gasteiger partial charge >= 0.3 is 0 Å². The Kier molecular flexibility index (Phi) is 4.64. The van der Waals surface area contributed by atoms with E-state index in [1.165, 1.54) is 12.1 Å². The van der Waals surface area contributed by atoms with Crippen LogP contribution in [0.2, 0.25) is 0 Å². The maximum atomic E-state index is 13.0. The van der Waals surface area contributed by atoms with Crippen LogP contribution >= 0.6 is 12.2 Å². The third-order valence-corrected chi connectivity index (χ3v) is 2.29. The molecular weight excluding hydrogens is 227 g/mol. The molecular formula is C11H15FN2OS. The highest BCUT2D eigenvalue weighted by Gasteiger charge is 2.09. The number of hydrogen-bond acceptors (Lipinski definition) is 3. The lowest BCUT2D eigenvalue weighted by atomic mass is 10.1. The van der Waals surface area contributed by atoms with Crippen LogP contribution in [0.25, 0.3) is 0 Å². The van der Waals surface area contributed by atoms with E-state index in [2.05, 4.69) is 5.32 Å². The van der Waals surface area contributed by atoms with Crippen molar-refractivity contribution in [1.29, 1.82) is 0 Å². The molecule has 16 heavy (non-hydrogen) atoms. The summed E-state index contributed by atoms with van der Waals surface area (Å²) in [5.41, 5.74) is 6.76. The maximum Gasteiger partial charge on any atom is 0.124 e. The minimum Gasteiger partial charge on any atom is -0.389 e. The van der Waals surface area contributed by atoms with E-state index in [0.29, 0.717) is 12.2 Å². The van der Waals surface area contributed by atoms with E-state index < -0.39 is 0 Å². The number of methoxy groups -OCH3 is 1. The summed E-state index contributed by atoms with van der Waals surface area (Å²) in [5.74, 6) is -0.354. The molecule has 0 bridgehead atoms. The van der Waals surface area contributed by atoms with E-state index in [-0.39, 0.29) is 16.8 Å². The molecule has 0 spiro atoms. The summed E-state index contributed by atoms with van der Waals surface area (Å²) in [5, 5.41) is 3.16. The maximum absolute atomic E-state index is 13.0. The highest BCUT2D eigenvalue weighted by molar-refractivity contribution is 7.80. The predicted molar refractivity (Wildman–Crippen MR) is 67.2 cm³/mol. The first-order valence-electron chi connectivity index (χ1n) is 4.89. The Balaban J connectivity index is 2.90. The van der Waals surface area contributed by atoms with Gasteiger partial charge in [0.2, 0.25) is 0 Å². The summed E-state index contributed by atoms with van der Waals surface area (Å²) in [6.07, 6.45) is 0. The van der Waals surface area contributed by atoms with Crippen molar-refractivity contribution < 1.29 is 9.13 Å². The van der Waals surface area contributed by atoms with Crippen molar-refractivity contribution in [2.45, 2.75) is 13.0 Å². The molecule has 0 aliphatic carbocycles. The van der Waals surface area contributed by atoms with Crippen LogP contribution in [-0.4, -0.2) is 24.7 Å². The smallest absolute Gasteiger partial charge is 0.124 e. The highest BCUT2D eigenvalue weighted by atomic mass is 32.1. The SMILES string of the molecule is COCC(C)Nc1ccc(F)cc1C(N)=S. The van der Waals surface area contributed by atoms with Gasteiger partial charge in [-0.25, -0.2) is 4.39 Å². The van der Waals surface area contributed by atoms with Crippen molar-refractivity contribution in [1.82, 2.24) is 0 Å². The fourth-order valence-electron chi connectivity index (χ4n) is 1.40. The Hall–Kier alpha value is -1.20. The van der Waals surface area contributed by atoms with E-state index >= 15 is 0 Å². The number of nitrogens with one attached hydrogen (secondary N) is 1. The minimum absolute atomic E-state index is 0.101. The zero-order valence-corrected chi connectivity index (χ0v) is 10.1. The van der Waals surface area contributed by atoms with E-state index in [4.69, 9.17) is 22.7 Å². The third-order valence-electron chi connectivity index (χ3n) is 2.07. The van der Waals surface area contributed by atoms with Gasteiger partial charge in [0.1, 0.15) is 10.8 Å². The molecule has 0 aliphatic rings. The van der Waals surface area contributed by atoms with Crippen LogP contribution in [0.3, 0.4) is 0 Å². The van der Waals surface area contributed by atoms with E-state index in [1.807, 2.05) is 6.92 Å². The van der Waals surface area contributed by atoms with Crippen molar-refractivity contribution in [3.8, 4) is 0 Å². The molecule has 1 aromatic carbocycles. The fraction of sp³-hybridized carbons (Fsp3) is 0.364. The Labute approximate surface area is 99.8 Å². The molecule has 1 aromatic rings. The fourth-order valence-corrected chi connectivity index (χ4v) is 1.57. The molecule has 1 atom stereocenters. The molecule has 0 saturated carbocycles. The zero-order chi connectivity index (χ0) is 12.1. The van der Waals surface area contributed by atoms with Crippen LogP contribution < -0.4 is 11.1 Å². The normalized spacial score (nSPS) is 12.2. The predicted octanol–water partition coefficient (Wildman–Crippen LogP) is 1.91. The summed E-state index contributed by atoms with van der Waals surface area (Å²) >= 11 is 4.87. The Morgan fingerprint density at radius 3 is 2.88 bits per heavy atom. The number of nitrogens with two attached hydrogens (primary N) is 1. The molecule has 0 amide bonds. The number of hydrogen-bond donors (Lipinski definition) is 2. The first-order valence-corrected chi connectivity index (χ1v) is 5.30. The van der Waals surface area contributed by atoms with Crippen molar-refractivity contribution in [2.24, 2.45) is 5.73 Å². The molecule has 0 radical (unpaired) electrons. The summed E-state index contributed by atoms with van der Waals surface area (Å²) in [6, 6.07) is 4.41. The molecule has 0 saturated heterocycles. The van der Waals surface area contributed by atoms with Crippen LogP contribution in [-0.2, 0) is 4.74 Å². The second-order valence-corrected chi connectivity index (χ2v) is 3.99. The van der Waals surface area contributed by atoms with Crippen molar-refractivity contribution in [2.75, 3.05) is 19.0 Å². The number of anilines is 1. The molecule has 1 unspecified atom stereocenters. The Morgan fingerprint density at radius 1 is 1.62 bits per heavy atom. The molecule has 0 aliphatic heterocycles. The lowest BCUT2D eigenvalue weighted by Gasteiger charge is -2.17. The molecule has 0 aromatic heterocycles. The zero-order valence-electron chi connectivity index (χ0n) is 9.29. The molecule has 5 heteroatoms. The van der Waals surface area contributed by atoms with Gasteiger partial charge in [-0.3, -0.25) is 0 Å². The van der Waals surface area contributed by atoms with Crippen LogP contribution in [0.5, 0.6) is 0 Å². The van der Waals surface area contributed by atoms with Crippen molar-refractivity contribution >= 4 is 22.9 Å². The standard InChI is InChI=1S/C11H15FN2OS/c1-7(6-15-2)14-10-4-3-8(12)5-9(10)11(13)16/h3-5,7,14H,6H2,1-2H3,(H2,13,16). The average Bonchev–Trinajstić information content (AvgIpc) is 2.20. The van der Waals surface area contributed by atoms with E-state index in [1.54, 1.807) is 13.2 Å². The molecule has 0 fully saturated rings. The summed E-state index contributed by atoms with van der Waals surface area (Å²) < 4.78 is 18.0. The number of rotatable bonds is 5. The van der Waals surface area contributed by atoms with Gasteiger partial charge in [-0.2, -0.15) is 0 Å². The number of ether oxygens (including phenoxy) is 1. The molecule has 3 N–H and O–H groups in total. The minimum atomic E-state index is -0.354. The van der Waals surface area contributed by atoms with Crippen molar-refractivity contribution in [3.05, 3.63) is 29.6 Å². The molecule has 3 nitrogen and oxygen atoms in total. The second kappa shape index (κ2) is 5.77. The van der Waals surface area contributed by atoms with Gasteiger partial charge in [-0.05, 0) is 25.1 Å². The first kappa shape index (κ1) is 12.9. The van der Waals surface area contributed by atoms with Gasteiger partial charge in [0.15, 0.2) is 0 Å². The van der Waals surface area contributed by atoms with Gasteiger partial charge in [-0.15, -0.1) is 0 Å². The molecule has 0 heterocycles. The van der Waals surface area contributed by atoms with Gasteiger partial charge in [0, 0.05) is 24.4 Å². The number of thiocarbonyl (C=S) groups is 1. The molecule has 1 rings (SSSR count). The molecule has 88 valence electrons. The van der Waals surface area contributed by atoms with Crippen molar-refractivity contribution in [3.63, 3.8) is 0 Å². The van der Waals surface area contributed by atoms with Gasteiger partial charge in [0.25, 0.3) is 0 Å². The van der Waals surface area contributed by atoms with Crippen LogP contribution in [0.4, 0.5) is 10.1 Å². The van der Waals surface area contributed by atoms with Gasteiger partial charge in [0.05, 0.1) is 6.61 Å². The third kappa shape index (κ3) is 3.43. The quantitative estimate of drug-likeness (QED) is 0.774. The topological polar surface area (TPSA) is 47.3 Å². The monoisotopic (exact) mass is 242 g/mol. The largest absolute Gasteiger partial charge is 0.389 e.